The Morgan fingerprint density at radius 2 is 1.54 bits per heavy atom. The Morgan fingerprint density at radius 1 is 0.857 bits per heavy atom. The molecule has 142 valence electrons. The lowest BCUT2D eigenvalue weighted by molar-refractivity contribution is -0.118. The number of ketones is 1. The van der Waals surface area contributed by atoms with Crippen molar-refractivity contribution in [3.63, 3.8) is 0 Å². The maximum atomic E-state index is 12.8. The van der Waals surface area contributed by atoms with Crippen LogP contribution < -0.4 is 10.1 Å². The zero-order chi connectivity index (χ0) is 20.1. The highest BCUT2D eigenvalue weighted by Gasteiger charge is 2.16. The summed E-state index contributed by atoms with van der Waals surface area (Å²) in [6, 6.07) is 18.1. The van der Waals surface area contributed by atoms with Gasteiger partial charge in [-0.1, -0.05) is 65.1 Å². The van der Waals surface area contributed by atoms with Gasteiger partial charge in [0.2, 0.25) is 0 Å². The summed E-state index contributed by atoms with van der Waals surface area (Å²) < 4.78 is 5.42. The van der Waals surface area contributed by atoms with Crippen molar-refractivity contribution in [2.75, 3.05) is 11.9 Å². The van der Waals surface area contributed by atoms with E-state index in [1.165, 1.54) is 12.1 Å². The van der Waals surface area contributed by atoms with E-state index in [0.717, 1.165) is 0 Å². The first kappa shape index (κ1) is 20.2. The summed E-state index contributed by atoms with van der Waals surface area (Å²) in [4.78, 5) is 25.1. The summed E-state index contributed by atoms with van der Waals surface area (Å²) in [6.07, 6.45) is 0. The van der Waals surface area contributed by atoms with Gasteiger partial charge in [-0.3, -0.25) is 9.59 Å². The molecular formula is C21H14Cl3NO3. The number of nitrogens with one attached hydrogen (secondary N) is 1. The van der Waals surface area contributed by atoms with Crippen molar-refractivity contribution < 1.29 is 14.3 Å². The number of anilines is 1. The minimum Gasteiger partial charge on any atom is -0.482 e. The molecule has 0 saturated heterocycles. The highest BCUT2D eigenvalue weighted by Crippen LogP contribution is 2.28. The summed E-state index contributed by atoms with van der Waals surface area (Å²) in [5.74, 6) is -0.418. The van der Waals surface area contributed by atoms with Gasteiger partial charge in [0.05, 0.1) is 10.7 Å². The molecule has 0 radical (unpaired) electrons. The van der Waals surface area contributed by atoms with Crippen LogP contribution >= 0.6 is 34.8 Å². The van der Waals surface area contributed by atoms with Crippen molar-refractivity contribution in [3.05, 3.63) is 92.9 Å². The van der Waals surface area contributed by atoms with Crippen LogP contribution in [0.25, 0.3) is 0 Å². The van der Waals surface area contributed by atoms with Gasteiger partial charge in [-0.25, -0.2) is 0 Å². The van der Waals surface area contributed by atoms with Crippen molar-refractivity contribution in [1.82, 2.24) is 0 Å². The largest absolute Gasteiger partial charge is 0.482 e. The van der Waals surface area contributed by atoms with Gasteiger partial charge in [0.25, 0.3) is 5.91 Å². The van der Waals surface area contributed by atoms with Crippen molar-refractivity contribution in [2.24, 2.45) is 0 Å². The standard InChI is InChI=1S/C21H14Cl3NO3/c22-14-7-9-18(16(10-14)21(27)13-4-2-1-3-5-13)25-20(26)12-28-19-11-15(23)6-8-17(19)24/h1-11H,12H2,(H,25,26). The third-order valence-electron chi connectivity index (χ3n) is 3.79. The van der Waals surface area contributed by atoms with Gasteiger partial charge < -0.3 is 10.1 Å². The molecule has 0 aliphatic carbocycles. The Hall–Kier alpha value is -2.53. The Balaban J connectivity index is 1.76. The number of hydrogen-bond donors (Lipinski definition) is 1. The molecular weight excluding hydrogens is 421 g/mol. The second-order valence-electron chi connectivity index (χ2n) is 5.80. The lowest BCUT2D eigenvalue weighted by Crippen LogP contribution is -2.21. The van der Waals surface area contributed by atoms with Crippen LogP contribution in [0.15, 0.2) is 66.7 Å². The van der Waals surface area contributed by atoms with Crippen LogP contribution in [-0.2, 0) is 4.79 Å². The molecule has 0 aliphatic heterocycles. The third kappa shape index (κ3) is 5.04. The van der Waals surface area contributed by atoms with Gasteiger partial charge in [0.15, 0.2) is 12.4 Å². The molecule has 3 rings (SSSR count). The smallest absolute Gasteiger partial charge is 0.262 e. The summed E-state index contributed by atoms with van der Waals surface area (Å²) in [5.41, 5.74) is 1.11. The molecule has 1 amide bonds. The Labute approximate surface area is 177 Å². The molecule has 4 nitrogen and oxygen atoms in total. The van der Waals surface area contributed by atoms with E-state index in [9.17, 15) is 9.59 Å². The molecule has 3 aromatic rings. The van der Waals surface area contributed by atoms with E-state index in [1.807, 2.05) is 6.07 Å². The van der Waals surface area contributed by atoms with Gasteiger partial charge in [-0.05, 0) is 30.3 Å². The van der Waals surface area contributed by atoms with E-state index in [-0.39, 0.29) is 18.0 Å². The summed E-state index contributed by atoms with van der Waals surface area (Å²) in [7, 11) is 0. The predicted octanol–water partition coefficient (Wildman–Crippen LogP) is 5.90. The number of carbonyl (C=O) groups is 2. The minimum atomic E-state index is -0.458. The van der Waals surface area contributed by atoms with Crippen molar-refractivity contribution >= 4 is 52.2 Å². The van der Waals surface area contributed by atoms with Crippen LogP contribution in [0.3, 0.4) is 0 Å². The molecule has 0 spiro atoms. The predicted molar refractivity (Wildman–Crippen MR) is 112 cm³/mol. The number of carbonyl (C=O) groups excluding carboxylic acids is 2. The average Bonchev–Trinajstić information content (AvgIpc) is 2.70. The molecule has 0 aromatic heterocycles. The van der Waals surface area contributed by atoms with Gasteiger partial charge >= 0.3 is 0 Å². The van der Waals surface area contributed by atoms with E-state index in [4.69, 9.17) is 39.5 Å². The SMILES string of the molecule is O=C(COc1cc(Cl)ccc1Cl)Nc1ccc(Cl)cc1C(=O)c1ccccc1. The molecule has 0 fully saturated rings. The van der Waals surface area contributed by atoms with Crippen LogP contribution in [0.5, 0.6) is 5.75 Å². The molecule has 7 heteroatoms. The monoisotopic (exact) mass is 433 g/mol. The van der Waals surface area contributed by atoms with Gasteiger partial charge in [0, 0.05) is 27.2 Å². The molecule has 3 aromatic carbocycles. The number of hydrogen-bond acceptors (Lipinski definition) is 3. The Kier molecular flexibility index (Phi) is 6.57. The van der Waals surface area contributed by atoms with Crippen LogP contribution in [0.1, 0.15) is 15.9 Å². The van der Waals surface area contributed by atoms with E-state index < -0.39 is 5.91 Å². The summed E-state index contributed by atoms with van der Waals surface area (Å²) in [6.45, 7) is -0.304. The zero-order valence-electron chi connectivity index (χ0n) is 14.4. The van der Waals surface area contributed by atoms with E-state index in [0.29, 0.717) is 32.1 Å². The summed E-state index contributed by atoms with van der Waals surface area (Å²) >= 11 is 18.0. The van der Waals surface area contributed by atoms with Gasteiger partial charge in [-0.15, -0.1) is 0 Å². The number of amides is 1. The summed E-state index contributed by atoms with van der Waals surface area (Å²) in [5, 5.41) is 3.84. The highest BCUT2D eigenvalue weighted by molar-refractivity contribution is 6.34. The molecule has 1 N–H and O–H groups in total. The Bertz CT molecular complexity index is 1020. The highest BCUT2D eigenvalue weighted by atomic mass is 35.5. The number of ether oxygens (including phenoxy) is 1. The van der Waals surface area contributed by atoms with E-state index in [2.05, 4.69) is 5.32 Å². The number of benzene rings is 3. The Morgan fingerprint density at radius 3 is 2.29 bits per heavy atom. The zero-order valence-corrected chi connectivity index (χ0v) is 16.7. The fourth-order valence-electron chi connectivity index (χ4n) is 2.48. The normalized spacial score (nSPS) is 10.4. The first-order valence-electron chi connectivity index (χ1n) is 8.21. The first-order valence-corrected chi connectivity index (χ1v) is 9.34. The van der Waals surface area contributed by atoms with E-state index >= 15 is 0 Å². The van der Waals surface area contributed by atoms with Crippen molar-refractivity contribution in [2.45, 2.75) is 0 Å². The van der Waals surface area contributed by atoms with Gasteiger partial charge in [-0.2, -0.15) is 0 Å². The lowest BCUT2D eigenvalue weighted by Gasteiger charge is -2.12. The second-order valence-corrected chi connectivity index (χ2v) is 7.08. The van der Waals surface area contributed by atoms with Crippen molar-refractivity contribution in [3.8, 4) is 5.75 Å². The molecule has 0 bridgehead atoms. The fourth-order valence-corrected chi connectivity index (χ4v) is 2.98. The van der Waals surface area contributed by atoms with E-state index in [1.54, 1.807) is 48.5 Å². The molecule has 0 saturated carbocycles. The average molecular weight is 435 g/mol. The van der Waals surface area contributed by atoms with Gasteiger partial charge in [0.1, 0.15) is 5.75 Å². The van der Waals surface area contributed by atoms with Crippen molar-refractivity contribution in [1.29, 1.82) is 0 Å². The maximum Gasteiger partial charge on any atom is 0.262 e. The van der Waals surface area contributed by atoms with Crippen LogP contribution in [-0.4, -0.2) is 18.3 Å². The fraction of sp³-hybridized carbons (Fsp3) is 0.0476. The molecule has 0 unspecified atom stereocenters. The molecule has 28 heavy (non-hydrogen) atoms. The van der Waals surface area contributed by atoms with Crippen LogP contribution in [0.4, 0.5) is 5.69 Å². The lowest BCUT2D eigenvalue weighted by atomic mass is 10.0. The quantitative estimate of drug-likeness (QED) is 0.492. The minimum absolute atomic E-state index is 0.253. The third-order valence-corrected chi connectivity index (χ3v) is 4.57. The number of rotatable bonds is 6. The number of halogens is 3. The topological polar surface area (TPSA) is 55.4 Å². The molecule has 0 aliphatic rings. The maximum absolute atomic E-state index is 12.8. The molecule has 0 atom stereocenters. The van der Waals surface area contributed by atoms with Crippen LogP contribution in [0.2, 0.25) is 15.1 Å². The second kappa shape index (κ2) is 9.11. The molecule has 0 heterocycles. The van der Waals surface area contributed by atoms with Crippen LogP contribution in [0, 0.1) is 0 Å². The first-order chi connectivity index (χ1) is 13.4.